The standard InChI is InChI=1S/C19H22N6O2/c1-12-9-20-18(22-19(12)25-11-13(6-7-26)10-21-25)17-15-8-14(27-3)4-5-16(15)23-24(17)2/h4-5,8,10-12,26H,6-7,9H2,1-3H3/t12-/m0/s1. The summed E-state index contributed by atoms with van der Waals surface area (Å²) in [7, 11) is 3.54. The van der Waals surface area contributed by atoms with Crippen LogP contribution in [0.3, 0.4) is 0 Å². The Bertz CT molecular complexity index is 1050. The Balaban J connectivity index is 1.78. The van der Waals surface area contributed by atoms with Crippen LogP contribution in [0.1, 0.15) is 18.2 Å². The van der Waals surface area contributed by atoms with E-state index in [-0.39, 0.29) is 12.5 Å². The summed E-state index contributed by atoms with van der Waals surface area (Å²) in [5.74, 6) is 2.39. The average Bonchev–Trinajstić information content (AvgIpc) is 3.25. The van der Waals surface area contributed by atoms with Crippen LogP contribution in [0.25, 0.3) is 10.9 Å². The Labute approximate surface area is 156 Å². The number of methoxy groups -OCH3 is 1. The summed E-state index contributed by atoms with van der Waals surface area (Å²) in [5.41, 5.74) is 2.71. The maximum absolute atomic E-state index is 9.13. The molecule has 8 heteroatoms. The quantitative estimate of drug-likeness (QED) is 0.760. The maximum Gasteiger partial charge on any atom is 0.175 e. The van der Waals surface area contributed by atoms with E-state index < -0.39 is 0 Å². The van der Waals surface area contributed by atoms with E-state index >= 15 is 0 Å². The molecule has 0 unspecified atom stereocenters. The lowest BCUT2D eigenvalue weighted by molar-refractivity contribution is 0.299. The fourth-order valence-electron chi connectivity index (χ4n) is 3.28. The Hall–Kier alpha value is -3.00. The number of aliphatic hydroxyl groups is 1. The predicted molar refractivity (Wildman–Crippen MR) is 104 cm³/mol. The second-order valence-corrected chi connectivity index (χ2v) is 6.66. The number of fused-ring (bicyclic) bond motifs is 1. The van der Waals surface area contributed by atoms with Crippen LogP contribution in [0.2, 0.25) is 0 Å². The summed E-state index contributed by atoms with van der Waals surface area (Å²) in [6.07, 6.45) is 4.26. The molecule has 1 atom stereocenters. The molecule has 0 saturated carbocycles. The largest absolute Gasteiger partial charge is 0.497 e. The number of nitrogens with zero attached hydrogens (tertiary/aromatic N) is 6. The van der Waals surface area contributed by atoms with Gasteiger partial charge in [0, 0.05) is 31.2 Å². The summed E-state index contributed by atoms with van der Waals surface area (Å²) in [6.45, 7) is 2.81. The van der Waals surface area contributed by atoms with Crippen LogP contribution in [-0.2, 0) is 13.5 Å². The molecule has 0 aliphatic carbocycles. The van der Waals surface area contributed by atoms with E-state index in [0.717, 1.165) is 33.7 Å². The summed E-state index contributed by atoms with van der Waals surface area (Å²) < 4.78 is 8.95. The molecule has 27 heavy (non-hydrogen) atoms. The third-order valence-electron chi connectivity index (χ3n) is 4.70. The molecule has 8 nitrogen and oxygen atoms in total. The van der Waals surface area contributed by atoms with Crippen molar-refractivity contribution in [3.8, 4) is 5.75 Å². The molecule has 0 fully saturated rings. The fraction of sp³-hybridized carbons (Fsp3) is 0.368. The highest BCUT2D eigenvalue weighted by Crippen LogP contribution is 2.25. The normalized spacial score (nSPS) is 17.1. The molecule has 3 heterocycles. The Morgan fingerprint density at radius 3 is 2.96 bits per heavy atom. The zero-order valence-corrected chi connectivity index (χ0v) is 15.6. The van der Waals surface area contributed by atoms with Gasteiger partial charge in [0.2, 0.25) is 0 Å². The van der Waals surface area contributed by atoms with Gasteiger partial charge >= 0.3 is 0 Å². The van der Waals surface area contributed by atoms with Crippen molar-refractivity contribution in [3.63, 3.8) is 0 Å². The third-order valence-corrected chi connectivity index (χ3v) is 4.70. The van der Waals surface area contributed by atoms with Gasteiger partial charge in [0.15, 0.2) is 5.84 Å². The van der Waals surface area contributed by atoms with Crippen LogP contribution >= 0.6 is 0 Å². The number of aromatic nitrogens is 4. The second-order valence-electron chi connectivity index (χ2n) is 6.66. The van der Waals surface area contributed by atoms with Crippen LogP contribution in [0, 0.1) is 5.92 Å². The first-order valence-electron chi connectivity index (χ1n) is 8.89. The minimum Gasteiger partial charge on any atom is -0.497 e. The molecule has 4 rings (SSSR count). The summed E-state index contributed by atoms with van der Waals surface area (Å²) in [4.78, 5) is 9.50. The van der Waals surface area contributed by atoms with E-state index in [4.69, 9.17) is 14.8 Å². The van der Waals surface area contributed by atoms with E-state index in [1.54, 1.807) is 22.7 Å². The molecule has 1 aromatic carbocycles. The molecule has 0 radical (unpaired) electrons. The minimum atomic E-state index is 0.100. The molecule has 140 valence electrons. The molecular weight excluding hydrogens is 344 g/mol. The molecular formula is C19H22N6O2. The van der Waals surface area contributed by atoms with Crippen molar-refractivity contribution in [1.82, 2.24) is 19.6 Å². The van der Waals surface area contributed by atoms with E-state index in [1.165, 1.54) is 0 Å². The molecule has 1 aliphatic rings. The lowest BCUT2D eigenvalue weighted by atomic mass is 10.1. The van der Waals surface area contributed by atoms with Gasteiger partial charge in [-0.15, -0.1) is 0 Å². The van der Waals surface area contributed by atoms with Gasteiger partial charge in [-0.1, -0.05) is 6.92 Å². The average molecular weight is 366 g/mol. The number of ether oxygens (including phenoxy) is 1. The molecule has 1 aliphatic heterocycles. The van der Waals surface area contributed by atoms with E-state index in [1.807, 2.05) is 31.4 Å². The first-order valence-corrected chi connectivity index (χ1v) is 8.89. The number of amidine groups is 1. The molecule has 0 amide bonds. The Morgan fingerprint density at radius 2 is 2.19 bits per heavy atom. The molecule has 1 N–H and O–H groups in total. The maximum atomic E-state index is 9.13. The van der Waals surface area contributed by atoms with Gasteiger partial charge in [0.1, 0.15) is 17.3 Å². The van der Waals surface area contributed by atoms with Crippen LogP contribution in [-0.4, -0.2) is 56.6 Å². The Kier molecular flexibility index (Phi) is 4.49. The van der Waals surface area contributed by atoms with Gasteiger partial charge < -0.3 is 9.84 Å². The minimum absolute atomic E-state index is 0.100. The molecule has 3 aromatic rings. The SMILES string of the molecule is COc1ccc2nn(C)c(C3=NC[C@H](C)C(n4cc(CCO)cn4)=N3)c2c1. The summed E-state index contributed by atoms with van der Waals surface area (Å²) in [6, 6.07) is 5.79. The van der Waals surface area contributed by atoms with Gasteiger partial charge in [0.25, 0.3) is 0 Å². The second kappa shape index (κ2) is 6.96. The Morgan fingerprint density at radius 1 is 1.33 bits per heavy atom. The van der Waals surface area contributed by atoms with Crippen molar-refractivity contribution >= 4 is 22.6 Å². The highest BCUT2D eigenvalue weighted by Gasteiger charge is 2.23. The fourth-order valence-corrected chi connectivity index (χ4v) is 3.28. The summed E-state index contributed by atoms with van der Waals surface area (Å²) in [5, 5.41) is 19.1. The van der Waals surface area contributed by atoms with Crippen LogP contribution in [0.4, 0.5) is 0 Å². The lowest BCUT2D eigenvalue weighted by Crippen LogP contribution is -2.29. The third kappa shape index (κ3) is 3.12. The number of aliphatic hydroxyl groups excluding tert-OH is 1. The van der Waals surface area contributed by atoms with E-state index in [2.05, 4.69) is 22.1 Å². The number of benzene rings is 1. The molecule has 0 bridgehead atoms. The molecule has 0 saturated heterocycles. The molecule has 2 aromatic heterocycles. The van der Waals surface area contributed by atoms with Crippen LogP contribution in [0.15, 0.2) is 40.6 Å². The smallest absolute Gasteiger partial charge is 0.175 e. The zero-order valence-electron chi connectivity index (χ0n) is 15.6. The highest BCUT2D eigenvalue weighted by atomic mass is 16.5. The topological polar surface area (TPSA) is 89.8 Å². The van der Waals surface area contributed by atoms with Crippen molar-refractivity contribution in [2.24, 2.45) is 23.0 Å². The van der Waals surface area contributed by atoms with E-state index in [9.17, 15) is 0 Å². The first kappa shape index (κ1) is 17.4. The highest BCUT2D eigenvalue weighted by molar-refractivity contribution is 6.14. The van der Waals surface area contributed by atoms with Gasteiger partial charge in [-0.05, 0) is 30.2 Å². The van der Waals surface area contributed by atoms with Gasteiger partial charge in [-0.25, -0.2) is 9.67 Å². The van der Waals surface area contributed by atoms with Crippen molar-refractivity contribution in [1.29, 1.82) is 0 Å². The number of rotatable bonds is 4. The molecule has 0 spiro atoms. The predicted octanol–water partition coefficient (Wildman–Crippen LogP) is 1.66. The van der Waals surface area contributed by atoms with Crippen molar-refractivity contribution in [2.75, 3.05) is 20.3 Å². The number of hydrogen-bond donors (Lipinski definition) is 1. The van der Waals surface area contributed by atoms with Crippen LogP contribution in [0.5, 0.6) is 5.75 Å². The number of aliphatic imine (C=N–C) groups is 2. The van der Waals surface area contributed by atoms with E-state index in [0.29, 0.717) is 18.8 Å². The van der Waals surface area contributed by atoms with Gasteiger partial charge in [-0.2, -0.15) is 10.2 Å². The zero-order chi connectivity index (χ0) is 19.0. The van der Waals surface area contributed by atoms with Crippen LogP contribution < -0.4 is 4.74 Å². The number of hydrogen-bond acceptors (Lipinski definition) is 6. The first-order chi connectivity index (χ1) is 13.1. The van der Waals surface area contributed by atoms with Crippen molar-refractivity contribution in [2.45, 2.75) is 13.3 Å². The van der Waals surface area contributed by atoms with Gasteiger partial charge in [0.05, 0.1) is 25.4 Å². The van der Waals surface area contributed by atoms with Crippen molar-refractivity contribution in [3.05, 3.63) is 41.9 Å². The monoisotopic (exact) mass is 366 g/mol. The lowest BCUT2D eigenvalue weighted by Gasteiger charge is -2.18. The van der Waals surface area contributed by atoms with Gasteiger partial charge in [-0.3, -0.25) is 9.67 Å². The summed E-state index contributed by atoms with van der Waals surface area (Å²) >= 11 is 0. The number of aryl methyl sites for hydroxylation is 1. The van der Waals surface area contributed by atoms with Crippen molar-refractivity contribution < 1.29 is 9.84 Å².